The molecule has 1 aliphatic heterocycles. The Bertz CT molecular complexity index is 1050. The summed E-state index contributed by atoms with van der Waals surface area (Å²) in [6.45, 7) is 2.63. The molecule has 0 spiro atoms. The second-order valence-corrected chi connectivity index (χ2v) is 6.88. The summed E-state index contributed by atoms with van der Waals surface area (Å²) in [7, 11) is 0. The van der Waals surface area contributed by atoms with E-state index in [1.807, 2.05) is 30.3 Å². The van der Waals surface area contributed by atoms with Gasteiger partial charge in [-0.15, -0.1) is 0 Å². The van der Waals surface area contributed by atoms with E-state index in [0.717, 1.165) is 18.4 Å². The number of ether oxygens (including phenoxy) is 1. The molecular weight excluding hydrogens is 374 g/mol. The summed E-state index contributed by atoms with van der Waals surface area (Å²) in [5, 5.41) is 6.64. The van der Waals surface area contributed by atoms with Gasteiger partial charge in [0.25, 0.3) is 11.8 Å². The zero-order valence-electron chi connectivity index (χ0n) is 16.0. The maximum Gasteiger partial charge on any atom is 0.349 e. The van der Waals surface area contributed by atoms with Crippen molar-refractivity contribution in [1.82, 2.24) is 15.5 Å². The number of amides is 1. The molecule has 0 aliphatic carbocycles. The Hall–Kier alpha value is -3.26. The lowest BCUT2D eigenvalue weighted by molar-refractivity contribution is 0.0883. The van der Waals surface area contributed by atoms with Gasteiger partial charge in [0.1, 0.15) is 17.4 Å². The summed E-state index contributed by atoms with van der Waals surface area (Å²) in [5.41, 5.74) is 0.744. The van der Waals surface area contributed by atoms with Gasteiger partial charge in [0.15, 0.2) is 5.82 Å². The number of rotatable bonds is 6. The van der Waals surface area contributed by atoms with Gasteiger partial charge >= 0.3 is 5.63 Å². The third kappa shape index (κ3) is 4.27. The van der Waals surface area contributed by atoms with Crippen molar-refractivity contribution in [3.8, 4) is 11.5 Å². The van der Waals surface area contributed by atoms with Gasteiger partial charge in [-0.1, -0.05) is 23.4 Å². The lowest BCUT2D eigenvalue weighted by Gasteiger charge is -2.11. The second kappa shape index (κ2) is 8.40. The summed E-state index contributed by atoms with van der Waals surface area (Å²) in [6, 6.07) is 11.1. The molecule has 1 saturated heterocycles. The minimum Gasteiger partial charge on any atom is -0.424 e. The molecule has 3 aromatic rings. The minimum absolute atomic E-state index is 0.00448. The maximum atomic E-state index is 12.5. The first-order valence-corrected chi connectivity index (χ1v) is 9.54. The van der Waals surface area contributed by atoms with Crippen molar-refractivity contribution in [2.24, 2.45) is 0 Å². The summed E-state index contributed by atoms with van der Waals surface area (Å²) in [6.07, 6.45) is 1.90. The molecule has 150 valence electrons. The van der Waals surface area contributed by atoms with Gasteiger partial charge in [-0.05, 0) is 43.5 Å². The number of aromatic nitrogens is 2. The van der Waals surface area contributed by atoms with Crippen LogP contribution >= 0.6 is 0 Å². The lowest BCUT2D eigenvalue weighted by Crippen LogP contribution is -2.31. The number of carbonyl (C=O) groups is 1. The van der Waals surface area contributed by atoms with Crippen molar-refractivity contribution in [1.29, 1.82) is 0 Å². The van der Waals surface area contributed by atoms with E-state index in [9.17, 15) is 9.59 Å². The van der Waals surface area contributed by atoms with Crippen LogP contribution in [-0.2, 0) is 11.2 Å². The summed E-state index contributed by atoms with van der Waals surface area (Å²) < 4.78 is 16.1. The summed E-state index contributed by atoms with van der Waals surface area (Å²) in [5.74, 6) is 0.887. The first-order valence-electron chi connectivity index (χ1n) is 9.54. The third-order valence-electron chi connectivity index (χ3n) is 4.76. The van der Waals surface area contributed by atoms with Crippen molar-refractivity contribution in [3.05, 3.63) is 69.5 Å². The number of nitrogens with one attached hydrogen (secondary N) is 1. The van der Waals surface area contributed by atoms with Gasteiger partial charge in [0.05, 0.1) is 0 Å². The fraction of sp³-hybridized carbons (Fsp3) is 0.333. The Labute approximate surface area is 166 Å². The van der Waals surface area contributed by atoms with Crippen LogP contribution in [0.5, 0.6) is 0 Å². The molecule has 3 heterocycles. The molecule has 8 nitrogen and oxygen atoms in total. The van der Waals surface area contributed by atoms with Crippen LogP contribution in [0, 0.1) is 6.92 Å². The molecule has 0 bridgehead atoms. The molecular formula is C21H21N3O5. The molecule has 2 aromatic heterocycles. The number of benzene rings is 1. The van der Waals surface area contributed by atoms with Crippen molar-refractivity contribution in [2.45, 2.75) is 32.3 Å². The highest BCUT2D eigenvalue weighted by Crippen LogP contribution is 2.28. The molecule has 29 heavy (non-hydrogen) atoms. The third-order valence-corrected chi connectivity index (χ3v) is 4.76. The Balaban J connectivity index is 1.38. The van der Waals surface area contributed by atoms with Crippen molar-refractivity contribution < 1.29 is 18.5 Å². The molecule has 1 amide bonds. The predicted molar refractivity (Wildman–Crippen MR) is 103 cm³/mol. The van der Waals surface area contributed by atoms with Crippen LogP contribution in [0.4, 0.5) is 0 Å². The normalized spacial score (nSPS) is 16.1. The lowest BCUT2D eigenvalue weighted by atomic mass is 10.1. The van der Waals surface area contributed by atoms with Gasteiger partial charge in [0, 0.05) is 25.1 Å². The van der Waals surface area contributed by atoms with Gasteiger partial charge in [0.2, 0.25) is 0 Å². The molecule has 0 radical (unpaired) electrons. The minimum atomic E-state index is -0.654. The fourth-order valence-electron chi connectivity index (χ4n) is 3.30. The fourth-order valence-corrected chi connectivity index (χ4v) is 3.30. The molecule has 1 aromatic carbocycles. The molecule has 1 fully saturated rings. The number of carbonyl (C=O) groups excluding carboxylic acids is 1. The number of hydrogen-bond acceptors (Lipinski definition) is 7. The van der Waals surface area contributed by atoms with E-state index >= 15 is 0 Å². The van der Waals surface area contributed by atoms with Crippen molar-refractivity contribution in [2.75, 3.05) is 13.2 Å². The highest BCUT2D eigenvalue weighted by molar-refractivity contribution is 5.95. The molecule has 4 rings (SSSR count). The average molecular weight is 395 g/mol. The Morgan fingerprint density at radius 2 is 2.10 bits per heavy atom. The predicted octanol–water partition coefficient (Wildman–Crippen LogP) is 2.82. The van der Waals surface area contributed by atoms with Crippen LogP contribution in [0.1, 0.15) is 46.5 Å². The van der Waals surface area contributed by atoms with Crippen LogP contribution in [0.25, 0.3) is 11.5 Å². The van der Waals surface area contributed by atoms with E-state index in [0.29, 0.717) is 36.1 Å². The van der Waals surface area contributed by atoms with Crippen LogP contribution < -0.4 is 10.9 Å². The topological polar surface area (TPSA) is 107 Å². The van der Waals surface area contributed by atoms with E-state index in [2.05, 4.69) is 15.5 Å². The first kappa shape index (κ1) is 19.1. The largest absolute Gasteiger partial charge is 0.424 e. The number of aryl methyl sites for hydroxylation is 1. The molecule has 0 saturated carbocycles. The van der Waals surface area contributed by atoms with Crippen LogP contribution in [0.15, 0.2) is 50.1 Å². The highest BCUT2D eigenvalue weighted by atomic mass is 16.5. The first-order chi connectivity index (χ1) is 14.1. The molecule has 1 N–H and O–H groups in total. The van der Waals surface area contributed by atoms with Crippen LogP contribution in [0.3, 0.4) is 0 Å². The van der Waals surface area contributed by atoms with Crippen LogP contribution in [-0.4, -0.2) is 29.2 Å². The SMILES string of the molecule is Cc1cc(C2CCCO2)oc(=O)c1C(=O)NCCc1noc(-c2ccccc2)n1. The van der Waals surface area contributed by atoms with E-state index in [-0.39, 0.29) is 18.2 Å². The standard InChI is InChI=1S/C21H21N3O5/c1-13-12-16(15-8-5-11-27-15)28-21(26)18(13)19(25)22-10-9-17-23-20(29-24-17)14-6-3-2-4-7-14/h2-4,6-7,12,15H,5,8-11H2,1H3,(H,22,25). The monoisotopic (exact) mass is 395 g/mol. The zero-order chi connectivity index (χ0) is 20.2. The van der Waals surface area contributed by atoms with Crippen molar-refractivity contribution in [3.63, 3.8) is 0 Å². The summed E-state index contributed by atoms with van der Waals surface area (Å²) in [4.78, 5) is 29.1. The number of hydrogen-bond donors (Lipinski definition) is 1. The van der Waals surface area contributed by atoms with Gasteiger partial charge in [-0.3, -0.25) is 4.79 Å². The van der Waals surface area contributed by atoms with Crippen LogP contribution in [0.2, 0.25) is 0 Å². The maximum absolute atomic E-state index is 12.5. The Kier molecular flexibility index (Phi) is 5.53. The van der Waals surface area contributed by atoms with E-state index in [4.69, 9.17) is 13.7 Å². The molecule has 8 heteroatoms. The smallest absolute Gasteiger partial charge is 0.349 e. The quantitative estimate of drug-likeness (QED) is 0.684. The van der Waals surface area contributed by atoms with E-state index in [1.54, 1.807) is 13.0 Å². The van der Waals surface area contributed by atoms with Gasteiger partial charge < -0.3 is 19.0 Å². The molecule has 1 aliphatic rings. The molecule has 1 atom stereocenters. The summed E-state index contributed by atoms with van der Waals surface area (Å²) >= 11 is 0. The second-order valence-electron chi connectivity index (χ2n) is 6.88. The average Bonchev–Trinajstić information content (AvgIpc) is 3.40. The van der Waals surface area contributed by atoms with Crippen molar-refractivity contribution >= 4 is 5.91 Å². The number of nitrogens with zero attached hydrogens (tertiary/aromatic N) is 2. The highest BCUT2D eigenvalue weighted by Gasteiger charge is 2.24. The van der Waals surface area contributed by atoms with Gasteiger partial charge in [-0.25, -0.2) is 4.79 Å². The van der Waals surface area contributed by atoms with Gasteiger partial charge in [-0.2, -0.15) is 4.98 Å². The molecule has 1 unspecified atom stereocenters. The zero-order valence-corrected chi connectivity index (χ0v) is 16.0. The van der Waals surface area contributed by atoms with E-state index in [1.165, 1.54) is 0 Å². The Morgan fingerprint density at radius 1 is 1.28 bits per heavy atom. The van der Waals surface area contributed by atoms with E-state index < -0.39 is 11.5 Å². The Morgan fingerprint density at radius 3 is 2.83 bits per heavy atom.